The zero-order valence-corrected chi connectivity index (χ0v) is 11.1. The van der Waals surface area contributed by atoms with Crippen molar-refractivity contribution in [3.63, 3.8) is 0 Å². The van der Waals surface area contributed by atoms with Crippen molar-refractivity contribution in [3.05, 3.63) is 30.5 Å². The van der Waals surface area contributed by atoms with Crippen molar-refractivity contribution in [1.82, 2.24) is 4.98 Å². The summed E-state index contributed by atoms with van der Waals surface area (Å²) in [6.45, 7) is 0. The lowest BCUT2D eigenvalue weighted by molar-refractivity contribution is 0.324. The topological polar surface area (TPSA) is 66.6 Å². The SMILES string of the molecule is COc1cc(-c2ccnc(N)c2)cc(OC)c1OC. The summed E-state index contributed by atoms with van der Waals surface area (Å²) in [4.78, 5) is 3.97. The van der Waals surface area contributed by atoms with Crippen molar-refractivity contribution in [2.45, 2.75) is 0 Å². The molecule has 1 aromatic carbocycles. The zero-order valence-electron chi connectivity index (χ0n) is 11.1. The number of nitrogens with zero attached hydrogens (tertiary/aromatic N) is 1. The standard InChI is InChI=1S/C14H16N2O3/c1-17-11-6-10(7-12(18-2)14(11)19-3)9-4-5-16-13(15)8-9/h4-8H,1-3H3,(H2,15,16). The second kappa shape index (κ2) is 5.48. The maximum Gasteiger partial charge on any atom is 0.203 e. The van der Waals surface area contributed by atoms with Crippen LogP contribution in [-0.4, -0.2) is 26.3 Å². The van der Waals surface area contributed by atoms with Gasteiger partial charge < -0.3 is 19.9 Å². The summed E-state index contributed by atoms with van der Waals surface area (Å²) >= 11 is 0. The molecule has 1 heterocycles. The van der Waals surface area contributed by atoms with Gasteiger partial charge in [0.05, 0.1) is 21.3 Å². The number of anilines is 1. The van der Waals surface area contributed by atoms with E-state index in [2.05, 4.69) is 4.98 Å². The predicted molar refractivity (Wildman–Crippen MR) is 73.7 cm³/mol. The summed E-state index contributed by atoms with van der Waals surface area (Å²) in [7, 11) is 4.74. The van der Waals surface area contributed by atoms with E-state index in [4.69, 9.17) is 19.9 Å². The van der Waals surface area contributed by atoms with Gasteiger partial charge in [0.15, 0.2) is 11.5 Å². The third-order valence-corrected chi connectivity index (χ3v) is 2.78. The van der Waals surface area contributed by atoms with Gasteiger partial charge in [-0.3, -0.25) is 0 Å². The van der Waals surface area contributed by atoms with Crippen LogP contribution in [0.3, 0.4) is 0 Å². The van der Waals surface area contributed by atoms with E-state index in [1.165, 1.54) is 0 Å². The van der Waals surface area contributed by atoms with Gasteiger partial charge in [-0.05, 0) is 35.4 Å². The van der Waals surface area contributed by atoms with Gasteiger partial charge in [-0.2, -0.15) is 0 Å². The van der Waals surface area contributed by atoms with Crippen LogP contribution in [-0.2, 0) is 0 Å². The molecule has 0 saturated carbocycles. The molecule has 5 nitrogen and oxygen atoms in total. The summed E-state index contributed by atoms with van der Waals surface area (Å²) in [6, 6.07) is 7.41. The summed E-state index contributed by atoms with van der Waals surface area (Å²) < 4.78 is 15.9. The van der Waals surface area contributed by atoms with Crippen LogP contribution in [0.4, 0.5) is 5.82 Å². The minimum absolute atomic E-state index is 0.464. The average Bonchev–Trinajstić information content (AvgIpc) is 2.45. The van der Waals surface area contributed by atoms with E-state index in [9.17, 15) is 0 Å². The van der Waals surface area contributed by atoms with Crippen molar-refractivity contribution >= 4 is 5.82 Å². The van der Waals surface area contributed by atoms with Gasteiger partial charge in [-0.1, -0.05) is 0 Å². The second-order valence-corrected chi connectivity index (χ2v) is 3.88. The molecule has 1 aromatic heterocycles. The van der Waals surface area contributed by atoms with Crippen molar-refractivity contribution in [3.8, 4) is 28.4 Å². The Morgan fingerprint density at radius 2 is 1.53 bits per heavy atom. The van der Waals surface area contributed by atoms with E-state index < -0.39 is 0 Å². The average molecular weight is 260 g/mol. The smallest absolute Gasteiger partial charge is 0.203 e. The van der Waals surface area contributed by atoms with E-state index in [1.807, 2.05) is 18.2 Å². The lowest BCUT2D eigenvalue weighted by Gasteiger charge is -2.14. The Kier molecular flexibility index (Phi) is 3.75. The van der Waals surface area contributed by atoms with Crippen LogP contribution in [0.25, 0.3) is 11.1 Å². The Balaban J connectivity index is 2.59. The number of methoxy groups -OCH3 is 3. The van der Waals surface area contributed by atoms with Crippen molar-refractivity contribution in [2.75, 3.05) is 27.1 Å². The lowest BCUT2D eigenvalue weighted by Crippen LogP contribution is -1.96. The fourth-order valence-corrected chi connectivity index (χ4v) is 1.88. The first-order chi connectivity index (χ1) is 9.19. The molecule has 0 aliphatic carbocycles. The molecule has 0 fully saturated rings. The van der Waals surface area contributed by atoms with Crippen LogP contribution in [0, 0.1) is 0 Å². The molecule has 0 atom stereocenters. The Bertz CT molecular complexity index is 560. The highest BCUT2D eigenvalue weighted by Gasteiger charge is 2.14. The highest BCUT2D eigenvalue weighted by atomic mass is 16.5. The molecule has 0 aliphatic heterocycles. The molecule has 0 saturated heterocycles. The van der Waals surface area contributed by atoms with E-state index in [-0.39, 0.29) is 0 Å². The molecule has 2 aromatic rings. The second-order valence-electron chi connectivity index (χ2n) is 3.88. The Morgan fingerprint density at radius 1 is 0.895 bits per heavy atom. The molecule has 0 radical (unpaired) electrons. The van der Waals surface area contributed by atoms with Gasteiger partial charge in [0, 0.05) is 6.20 Å². The Hall–Kier alpha value is -2.43. The highest BCUT2D eigenvalue weighted by Crippen LogP contribution is 2.41. The van der Waals surface area contributed by atoms with Crippen LogP contribution < -0.4 is 19.9 Å². The quantitative estimate of drug-likeness (QED) is 0.914. The first-order valence-electron chi connectivity index (χ1n) is 5.71. The van der Waals surface area contributed by atoms with Crippen LogP contribution >= 0.6 is 0 Å². The van der Waals surface area contributed by atoms with Gasteiger partial charge >= 0.3 is 0 Å². The van der Waals surface area contributed by atoms with Crippen LogP contribution in [0.5, 0.6) is 17.2 Å². The number of pyridine rings is 1. The van der Waals surface area contributed by atoms with Crippen LogP contribution in [0.2, 0.25) is 0 Å². The third kappa shape index (κ3) is 2.54. The van der Waals surface area contributed by atoms with Gasteiger partial charge in [0.1, 0.15) is 5.82 Å². The molecular formula is C14H16N2O3. The van der Waals surface area contributed by atoms with Gasteiger partial charge in [0.25, 0.3) is 0 Å². The Labute approximate surface area is 111 Å². The van der Waals surface area contributed by atoms with E-state index >= 15 is 0 Å². The maximum absolute atomic E-state index is 5.69. The molecule has 0 spiro atoms. The minimum Gasteiger partial charge on any atom is -0.493 e. The number of hydrogen-bond donors (Lipinski definition) is 1. The molecule has 0 aliphatic rings. The predicted octanol–water partition coefficient (Wildman–Crippen LogP) is 2.36. The zero-order chi connectivity index (χ0) is 13.8. The fourth-order valence-electron chi connectivity index (χ4n) is 1.88. The van der Waals surface area contributed by atoms with Crippen molar-refractivity contribution in [2.24, 2.45) is 0 Å². The van der Waals surface area contributed by atoms with Crippen molar-refractivity contribution in [1.29, 1.82) is 0 Å². The lowest BCUT2D eigenvalue weighted by atomic mass is 10.1. The third-order valence-electron chi connectivity index (χ3n) is 2.78. The van der Waals surface area contributed by atoms with Gasteiger partial charge in [-0.15, -0.1) is 0 Å². The molecule has 2 N–H and O–H groups in total. The highest BCUT2D eigenvalue weighted by molar-refractivity contribution is 5.72. The first-order valence-corrected chi connectivity index (χ1v) is 5.71. The molecule has 0 bridgehead atoms. The number of nitrogen functional groups attached to an aromatic ring is 1. The molecule has 5 heteroatoms. The van der Waals surface area contributed by atoms with E-state index in [1.54, 1.807) is 33.6 Å². The number of aromatic nitrogens is 1. The molecule has 0 amide bonds. The van der Waals surface area contributed by atoms with Crippen molar-refractivity contribution < 1.29 is 14.2 Å². The number of nitrogens with two attached hydrogens (primary N) is 1. The molecule has 0 unspecified atom stereocenters. The molecule has 19 heavy (non-hydrogen) atoms. The summed E-state index contributed by atoms with van der Waals surface area (Å²) in [5, 5.41) is 0. The molecular weight excluding hydrogens is 244 g/mol. The van der Waals surface area contributed by atoms with Gasteiger partial charge in [-0.25, -0.2) is 4.98 Å². The summed E-state index contributed by atoms with van der Waals surface area (Å²) in [6.07, 6.45) is 1.66. The molecule has 100 valence electrons. The Morgan fingerprint density at radius 3 is 2.00 bits per heavy atom. The number of ether oxygens (including phenoxy) is 3. The maximum atomic E-state index is 5.69. The van der Waals surface area contributed by atoms with Crippen LogP contribution in [0.1, 0.15) is 0 Å². The number of benzene rings is 1. The minimum atomic E-state index is 0.464. The van der Waals surface area contributed by atoms with Crippen LogP contribution in [0.15, 0.2) is 30.5 Å². The first kappa shape index (κ1) is 13.0. The van der Waals surface area contributed by atoms with E-state index in [0.717, 1.165) is 11.1 Å². The number of rotatable bonds is 4. The largest absolute Gasteiger partial charge is 0.493 e. The van der Waals surface area contributed by atoms with E-state index in [0.29, 0.717) is 23.1 Å². The normalized spacial score (nSPS) is 10.1. The van der Waals surface area contributed by atoms with Gasteiger partial charge in [0.2, 0.25) is 5.75 Å². The number of hydrogen-bond acceptors (Lipinski definition) is 5. The fraction of sp³-hybridized carbons (Fsp3) is 0.214. The monoisotopic (exact) mass is 260 g/mol. The molecule has 2 rings (SSSR count). The summed E-state index contributed by atoms with van der Waals surface area (Å²) in [5.74, 6) is 2.24. The summed E-state index contributed by atoms with van der Waals surface area (Å²) in [5.41, 5.74) is 7.55.